The number of ether oxygens (including phenoxy) is 1. The van der Waals surface area contributed by atoms with E-state index in [1.165, 1.54) is 55.2 Å². The average Bonchev–Trinajstić information content (AvgIpc) is 2.67. The maximum atomic E-state index is 6.23. The van der Waals surface area contributed by atoms with Crippen LogP contribution in [0.2, 0.25) is 0 Å². The predicted molar refractivity (Wildman–Crippen MR) is 112 cm³/mol. The summed E-state index contributed by atoms with van der Waals surface area (Å²) in [5.41, 5.74) is 9.44. The first kappa shape index (κ1) is 21.0. The maximum Gasteiger partial charge on any atom is 0.189 e. The molecule has 1 saturated carbocycles. The van der Waals surface area contributed by atoms with Crippen molar-refractivity contribution in [1.29, 1.82) is 0 Å². The molecule has 0 saturated heterocycles. The molecule has 3 nitrogen and oxygen atoms in total. The van der Waals surface area contributed by atoms with Gasteiger partial charge >= 0.3 is 0 Å². The molecule has 26 heavy (non-hydrogen) atoms. The number of nitrogens with zero attached hydrogens (tertiary/aromatic N) is 1. The Labute approximate surface area is 160 Å². The van der Waals surface area contributed by atoms with Gasteiger partial charge in [-0.3, -0.25) is 0 Å². The number of unbranched alkanes of at least 4 members (excludes halogenated alkanes) is 2. The van der Waals surface area contributed by atoms with Crippen LogP contribution in [-0.2, 0) is 23.3 Å². The minimum absolute atomic E-state index is 0.399. The normalized spacial score (nSPS) is 18.7. The van der Waals surface area contributed by atoms with Gasteiger partial charge in [-0.1, -0.05) is 64.2 Å². The molecule has 1 fully saturated rings. The summed E-state index contributed by atoms with van der Waals surface area (Å²) in [5, 5.41) is 0. The van der Waals surface area contributed by atoms with Crippen LogP contribution in [0.3, 0.4) is 0 Å². The highest BCUT2D eigenvalue weighted by Gasteiger charge is 2.42. The molecule has 2 N–H and O–H groups in total. The molecule has 1 atom stereocenters. The van der Waals surface area contributed by atoms with E-state index in [0.29, 0.717) is 11.8 Å². The molecular weight excluding hydrogens is 320 g/mol. The molecular formula is C23H38N2O. The lowest BCUT2D eigenvalue weighted by Crippen LogP contribution is -2.39. The number of aliphatic imine (C=N–C) groups is 1. The van der Waals surface area contributed by atoms with E-state index in [1.807, 2.05) is 14.0 Å². The van der Waals surface area contributed by atoms with Gasteiger partial charge in [0.2, 0.25) is 0 Å². The first-order valence-corrected chi connectivity index (χ1v) is 10.6. The van der Waals surface area contributed by atoms with Crippen molar-refractivity contribution in [1.82, 2.24) is 0 Å². The number of nitrogens with two attached hydrogens (primary N) is 1. The first-order valence-electron chi connectivity index (χ1n) is 10.6. The van der Waals surface area contributed by atoms with E-state index in [2.05, 4.69) is 32.0 Å². The van der Waals surface area contributed by atoms with Gasteiger partial charge in [0.25, 0.3) is 0 Å². The zero-order chi connectivity index (χ0) is 19.0. The predicted octanol–water partition coefficient (Wildman–Crippen LogP) is 5.74. The number of amidine groups is 1. The molecule has 0 heterocycles. The standard InChI is InChI=1S/C23H38N2O/c1-5-7-9-12-19-15-16-20(6-2)22(17-19)23(26-4,25-18(3)24)21-13-10-8-11-14-21/h15-17,21H,5-14H2,1-4H3,(H2,24,25). The lowest BCUT2D eigenvalue weighted by Gasteiger charge is -2.40. The van der Waals surface area contributed by atoms with E-state index < -0.39 is 5.72 Å². The maximum absolute atomic E-state index is 6.23. The van der Waals surface area contributed by atoms with Gasteiger partial charge in [0.05, 0.1) is 5.84 Å². The lowest BCUT2D eigenvalue weighted by molar-refractivity contribution is -0.0697. The second-order valence-corrected chi connectivity index (χ2v) is 7.79. The zero-order valence-corrected chi connectivity index (χ0v) is 17.3. The number of hydrogen-bond acceptors (Lipinski definition) is 2. The van der Waals surface area contributed by atoms with Crippen molar-refractivity contribution in [3.8, 4) is 0 Å². The molecule has 0 amide bonds. The van der Waals surface area contributed by atoms with E-state index in [-0.39, 0.29) is 0 Å². The lowest BCUT2D eigenvalue weighted by atomic mass is 9.76. The van der Waals surface area contributed by atoms with Crippen molar-refractivity contribution < 1.29 is 4.74 Å². The molecule has 1 aliphatic carbocycles. The second kappa shape index (κ2) is 10.1. The summed E-state index contributed by atoms with van der Waals surface area (Å²) in [6, 6.07) is 6.94. The smallest absolute Gasteiger partial charge is 0.189 e. The van der Waals surface area contributed by atoms with Crippen LogP contribution in [0.5, 0.6) is 0 Å². The molecule has 2 rings (SSSR count). The summed E-state index contributed by atoms with van der Waals surface area (Å²) in [5.74, 6) is 1.01. The fraction of sp³-hybridized carbons (Fsp3) is 0.696. The summed E-state index contributed by atoms with van der Waals surface area (Å²) in [6.45, 7) is 6.35. The topological polar surface area (TPSA) is 47.6 Å². The van der Waals surface area contributed by atoms with Crippen molar-refractivity contribution in [3.05, 3.63) is 34.9 Å². The zero-order valence-electron chi connectivity index (χ0n) is 17.3. The monoisotopic (exact) mass is 358 g/mol. The highest BCUT2D eigenvalue weighted by molar-refractivity contribution is 5.78. The quantitative estimate of drug-likeness (QED) is 0.348. The Morgan fingerprint density at radius 2 is 1.92 bits per heavy atom. The van der Waals surface area contributed by atoms with Gasteiger partial charge in [-0.05, 0) is 50.2 Å². The van der Waals surface area contributed by atoms with Crippen molar-refractivity contribution >= 4 is 5.84 Å². The molecule has 0 spiro atoms. The van der Waals surface area contributed by atoms with Crippen molar-refractivity contribution in [2.75, 3.05) is 7.11 Å². The third-order valence-electron chi connectivity index (χ3n) is 5.82. The number of benzene rings is 1. The molecule has 1 unspecified atom stereocenters. The van der Waals surface area contributed by atoms with E-state index in [1.54, 1.807) is 0 Å². The van der Waals surface area contributed by atoms with Crippen LogP contribution in [0.15, 0.2) is 23.2 Å². The summed E-state index contributed by atoms with van der Waals surface area (Å²) in [6.07, 6.45) is 12.0. The van der Waals surface area contributed by atoms with E-state index in [4.69, 9.17) is 15.5 Å². The highest BCUT2D eigenvalue weighted by atomic mass is 16.5. The number of aryl methyl sites for hydroxylation is 2. The Bertz CT molecular complexity index is 586. The number of hydrogen-bond donors (Lipinski definition) is 1. The molecule has 0 aromatic heterocycles. The first-order chi connectivity index (χ1) is 12.6. The SMILES string of the molecule is CCCCCc1ccc(CC)c(C(/N=C(\C)N)(OC)C2CCCCC2)c1. The minimum Gasteiger partial charge on any atom is -0.388 e. The van der Waals surface area contributed by atoms with Crippen molar-refractivity contribution in [3.63, 3.8) is 0 Å². The molecule has 3 heteroatoms. The molecule has 0 radical (unpaired) electrons. The highest BCUT2D eigenvalue weighted by Crippen LogP contribution is 2.44. The Morgan fingerprint density at radius 3 is 2.50 bits per heavy atom. The van der Waals surface area contributed by atoms with Crippen LogP contribution in [0.4, 0.5) is 0 Å². The molecule has 146 valence electrons. The van der Waals surface area contributed by atoms with Crippen LogP contribution in [0.1, 0.15) is 88.8 Å². The third kappa shape index (κ3) is 4.88. The number of rotatable bonds is 9. The van der Waals surface area contributed by atoms with Crippen LogP contribution in [0, 0.1) is 5.92 Å². The van der Waals surface area contributed by atoms with Gasteiger partial charge in [0.15, 0.2) is 5.72 Å². The Kier molecular flexibility index (Phi) is 8.15. The third-order valence-corrected chi connectivity index (χ3v) is 5.82. The van der Waals surface area contributed by atoms with Gasteiger partial charge in [-0.15, -0.1) is 0 Å². The summed E-state index contributed by atoms with van der Waals surface area (Å²) in [7, 11) is 1.81. The minimum atomic E-state index is -0.634. The summed E-state index contributed by atoms with van der Waals surface area (Å²) < 4.78 is 6.23. The summed E-state index contributed by atoms with van der Waals surface area (Å²) in [4.78, 5) is 4.94. The average molecular weight is 359 g/mol. The second-order valence-electron chi connectivity index (χ2n) is 7.79. The molecule has 1 aromatic rings. The van der Waals surface area contributed by atoms with Crippen LogP contribution >= 0.6 is 0 Å². The van der Waals surface area contributed by atoms with E-state index in [0.717, 1.165) is 25.7 Å². The molecule has 1 aliphatic rings. The Hall–Kier alpha value is -1.35. The Balaban J connectivity index is 2.50. The van der Waals surface area contributed by atoms with Crippen molar-refractivity contribution in [2.24, 2.45) is 16.6 Å². The fourth-order valence-corrected chi connectivity index (χ4v) is 4.45. The van der Waals surface area contributed by atoms with Gasteiger partial charge in [0.1, 0.15) is 0 Å². The van der Waals surface area contributed by atoms with Gasteiger partial charge in [0, 0.05) is 18.6 Å². The Morgan fingerprint density at radius 1 is 1.19 bits per heavy atom. The fourth-order valence-electron chi connectivity index (χ4n) is 4.45. The van der Waals surface area contributed by atoms with Gasteiger partial charge in [-0.25, -0.2) is 4.99 Å². The molecule has 0 bridgehead atoms. The van der Waals surface area contributed by atoms with E-state index >= 15 is 0 Å². The molecule has 1 aromatic carbocycles. The van der Waals surface area contributed by atoms with Gasteiger partial charge in [-0.2, -0.15) is 0 Å². The number of methoxy groups -OCH3 is 1. The van der Waals surface area contributed by atoms with Crippen LogP contribution in [-0.4, -0.2) is 12.9 Å². The summed E-state index contributed by atoms with van der Waals surface area (Å²) >= 11 is 0. The van der Waals surface area contributed by atoms with E-state index in [9.17, 15) is 0 Å². The van der Waals surface area contributed by atoms with Crippen LogP contribution in [0.25, 0.3) is 0 Å². The van der Waals surface area contributed by atoms with Crippen LogP contribution < -0.4 is 5.73 Å². The molecule has 0 aliphatic heterocycles. The largest absolute Gasteiger partial charge is 0.388 e. The van der Waals surface area contributed by atoms with Crippen molar-refractivity contribution in [2.45, 2.75) is 90.7 Å². The van der Waals surface area contributed by atoms with Gasteiger partial charge < -0.3 is 10.5 Å².